The third kappa shape index (κ3) is 3.60. The van der Waals surface area contributed by atoms with E-state index in [0.29, 0.717) is 17.8 Å². The molecule has 0 atom stereocenters. The molecule has 2 N–H and O–H groups in total. The van der Waals surface area contributed by atoms with Crippen LogP contribution in [0.4, 0.5) is 5.69 Å². The van der Waals surface area contributed by atoms with Gasteiger partial charge in [0.15, 0.2) is 0 Å². The summed E-state index contributed by atoms with van der Waals surface area (Å²) in [7, 11) is 0. The molecule has 1 aromatic carbocycles. The number of aromatic nitrogens is 1. The second-order valence-electron chi connectivity index (χ2n) is 5.42. The summed E-state index contributed by atoms with van der Waals surface area (Å²) in [5, 5.41) is 0. The Kier molecular flexibility index (Phi) is 4.58. The largest absolute Gasteiger partial charge is 0.399 e. The Hall–Kier alpha value is -2.36. The molecule has 0 radical (unpaired) electrons. The Balaban J connectivity index is 2.25. The number of amides is 1. The molecule has 110 valence electrons. The molecule has 0 unspecified atom stereocenters. The Morgan fingerprint density at radius 1 is 1.29 bits per heavy atom. The van der Waals surface area contributed by atoms with Gasteiger partial charge in [-0.1, -0.05) is 6.07 Å². The van der Waals surface area contributed by atoms with Gasteiger partial charge < -0.3 is 10.6 Å². The highest BCUT2D eigenvalue weighted by Gasteiger charge is 2.19. The molecule has 0 saturated heterocycles. The van der Waals surface area contributed by atoms with Crippen LogP contribution in [0.3, 0.4) is 0 Å². The van der Waals surface area contributed by atoms with Crippen LogP contribution in [0.15, 0.2) is 42.6 Å². The highest BCUT2D eigenvalue weighted by atomic mass is 16.2. The van der Waals surface area contributed by atoms with E-state index in [0.717, 1.165) is 11.3 Å². The Morgan fingerprint density at radius 2 is 2.05 bits per heavy atom. The van der Waals surface area contributed by atoms with Crippen molar-refractivity contribution in [1.82, 2.24) is 9.88 Å². The minimum Gasteiger partial charge on any atom is -0.399 e. The number of anilines is 1. The van der Waals surface area contributed by atoms with Crippen LogP contribution in [0, 0.1) is 6.92 Å². The van der Waals surface area contributed by atoms with Crippen molar-refractivity contribution in [3.63, 3.8) is 0 Å². The van der Waals surface area contributed by atoms with Gasteiger partial charge in [-0.05, 0) is 56.7 Å². The molecule has 1 aromatic heterocycles. The first kappa shape index (κ1) is 15.0. The van der Waals surface area contributed by atoms with E-state index in [1.807, 2.05) is 49.9 Å². The van der Waals surface area contributed by atoms with Crippen LogP contribution in [0.2, 0.25) is 0 Å². The number of benzene rings is 1. The quantitative estimate of drug-likeness (QED) is 0.877. The smallest absolute Gasteiger partial charge is 0.254 e. The van der Waals surface area contributed by atoms with Crippen LogP contribution < -0.4 is 5.73 Å². The van der Waals surface area contributed by atoms with E-state index < -0.39 is 0 Å². The summed E-state index contributed by atoms with van der Waals surface area (Å²) in [6.45, 7) is 6.42. The summed E-state index contributed by atoms with van der Waals surface area (Å²) in [4.78, 5) is 18.8. The first-order valence-corrected chi connectivity index (χ1v) is 7.06. The average Bonchev–Trinajstić information content (AvgIpc) is 2.47. The van der Waals surface area contributed by atoms with E-state index in [-0.39, 0.29) is 11.9 Å². The minimum atomic E-state index is -0.00115. The second kappa shape index (κ2) is 6.39. The molecule has 0 spiro atoms. The molecule has 1 heterocycles. The van der Waals surface area contributed by atoms with Gasteiger partial charge >= 0.3 is 0 Å². The number of hydrogen-bond acceptors (Lipinski definition) is 3. The SMILES string of the molecule is Cc1cc(C(=O)N(Cc2ccccn2)C(C)C)ccc1N. The number of aryl methyl sites for hydroxylation is 1. The fourth-order valence-corrected chi connectivity index (χ4v) is 2.13. The number of nitrogen functional groups attached to an aromatic ring is 1. The maximum atomic E-state index is 12.7. The average molecular weight is 283 g/mol. The topological polar surface area (TPSA) is 59.2 Å². The normalized spacial score (nSPS) is 10.7. The number of carbonyl (C=O) groups is 1. The molecule has 0 aliphatic rings. The van der Waals surface area contributed by atoms with E-state index in [4.69, 9.17) is 5.73 Å². The standard InChI is InChI=1S/C17H21N3O/c1-12(2)20(11-15-6-4-5-9-19-15)17(21)14-7-8-16(18)13(3)10-14/h4-10,12H,11,18H2,1-3H3. The maximum absolute atomic E-state index is 12.7. The molecule has 0 saturated carbocycles. The number of carbonyl (C=O) groups excluding carboxylic acids is 1. The van der Waals surface area contributed by atoms with Crippen molar-refractivity contribution in [2.75, 3.05) is 5.73 Å². The summed E-state index contributed by atoms with van der Waals surface area (Å²) in [5.74, 6) is -0.00115. The lowest BCUT2D eigenvalue weighted by Crippen LogP contribution is -2.36. The summed E-state index contributed by atoms with van der Waals surface area (Å²) in [6, 6.07) is 11.2. The van der Waals surface area contributed by atoms with Crippen molar-refractivity contribution in [1.29, 1.82) is 0 Å². The fourth-order valence-electron chi connectivity index (χ4n) is 2.13. The third-order valence-electron chi connectivity index (χ3n) is 3.46. The van der Waals surface area contributed by atoms with Gasteiger partial charge in [0.1, 0.15) is 0 Å². The number of pyridine rings is 1. The molecule has 1 amide bonds. The molecule has 2 aromatic rings. The highest BCUT2D eigenvalue weighted by Crippen LogP contribution is 2.17. The van der Waals surface area contributed by atoms with E-state index in [2.05, 4.69) is 4.98 Å². The van der Waals surface area contributed by atoms with Crippen molar-refractivity contribution < 1.29 is 4.79 Å². The van der Waals surface area contributed by atoms with Crippen molar-refractivity contribution in [3.05, 3.63) is 59.4 Å². The van der Waals surface area contributed by atoms with Crippen molar-refractivity contribution in [2.24, 2.45) is 0 Å². The highest BCUT2D eigenvalue weighted by molar-refractivity contribution is 5.95. The van der Waals surface area contributed by atoms with Crippen LogP contribution in [-0.2, 0) is 6.54 Å². The zero-order chi connectivity index (χ0) is 15.4. The first-order chi connectivity index (χ1) is 9.99. The Labute approximate surface area is 125 Å². The van der Waals surface area contributed by atoms with Gasteiger partial charge in [-0.25, -0.2) is 0 Å². The van der Waals surface area contributed by atoms with E-state index >= 15 is 0 Å². The van der Waals surface area contributed by atoms with Crippen LogP contribution >= 0.6 is 0 Å². The summed E-state index contributed by atoms with van der Waals surface area (Å²) >= 11 is 0. The zero-order valence-electron chi connectivity index (χ0n) is 12.7. The fraction of sp³-hybridized carbons (Fsp3) is 0.294. The first-order valence-electron chi connectivity index (χ1n) is 7.06. The van der Waals surface area contributed by atoms with E-state index in [9.17, 15) is 4.79 Å². The van der Waals surface area contributed by atoms with Crippen LogP contribution in [0.1, 0.15) is 35.5 Å². The molecule has 4 nitrogen and oxygen atoms in total. The predicted octanol–water partition coefficient (Wildman–Crippen LogP) is 3.02. The van der Waals surface area contributed by atoms with Gasteiger partial charge in [0.25, 0.3) is 5.91 Å². The molecule has 0 bridgehead atoms. The molecule has 0 fully saturated rings. The monoisotopic (exact) mass is 283 g/mol. The second-order valence-corrected chi connectivity index (χ2v) is 5.42. The summed E-state index contributed by atoms with van der Waals surface area (Å²) < 4.78 is 0. The van der Waals surface area contributed by atoms with Gasteiger partial charge in [0, 0.05) is 23.5 Å². The molecular weight excluding hydrogens is 262 g/mol. The minimum absolute atomic E-state index is 0.00115. The molecular formula is C17H21N3O. The van der Waals surface area contributed by atoms with Gasteiger partial charge in [-0.15, -0.1) is 0 Å². The third-order valence-corrected chi connectivity index (χ3v) is 3.46. The number of nitrogens with two attached hydrogens (primary N) is 1. The summed E-state index contributed by atoms with van der Waals surface area (Å²) in [5.41, 5.74) is 8.97. The molecule has 2 rings (SSSR count). The Morgan fingerprint density at radius 3 is 2.62 bits per heavy atom. The lowest BCUT2D eigenvalue weighted by Gasteiger charge is -2.26. The van der Waals surface area contributed by atoms with Crippen LogP contribution in [0.25, 0.3) is 0 Å². The summed E-state index contributed by atoms with van der Waals surface area (Å²) in [6.07, 6.45) is 1.74. The van der Waals surface area contributed by atoms with Crippen molar-refractivity contribution in [3.8, 4) is 0 Å². The van der Waals surface area contributed by atoms with Crippen molar-refractivity contribution >= 4 is 11.6 Å². The van der Waals surface area contributed by atoms with Gasteiger partial charge in [-0.3, -0.25) is 9.78 Å². The van der Waals surface area contributed by atoms with E-state index in [1.165, 1.54) is 0 Å². The molecule has 0 aliphatic heterocycles. The van der Waals surface area contributed by atoms with Crippen LogP contribution in [-0.4, -0.2) is 21.8 Å². The number of nitrogens with zero attached hydrogens (tertiary/aromatic N) is 2. The Bertz CT molecular complexity index is 623. The van der Waals surface area contributed by atoms with Crippen LogP contribution in [0.5, 0.6) is 0 Å². The lowest BCUT2D eigenvalue weighted by atomic mass is 10.1. The number of hydrogen-bond donors (Lipinski definition) is 1. The van der Waals surface area contributed by atoms with E-state index in [1.54, 1.807) is 18.3 Å². The molecule has 4 heteroatoms. The van der Waals surface area contributed by atoms with Gasteiger partial charge in [0.05, 0.1) is 12.2 Å². The molecule has 0 aliphatic carbocycles. The van der Waals surface area contributed by atoms with Gasteiger partial charge in [-0.2, -0.15) is 0 Å². The maximum Gasteiger partial charge on any atom is 0.254 e. The zero-order valence-corrected chi connectivity index (χ0v) is 12.7. The predicted molar refractivity (Wildman–Crippen MR) is 84.8 cm³/mol. The number of rotatable bonds is 4. The lowest BCUT2D eigenvalue weighted by molar-refractivity contribution is 0.0688. The van der Waals surface area contributed by atoms with Crippen molar-refractivity contribution in [2.45, 2.75) is 33.4 Å². The molecule has 21 heavy (non-hydrogen) atoms. The van der Waals surface area contributed by atoms with Gasteiger partial charge in [0.2, 0.25) is 0 Å².